The number of halogens is 2. The minimum absolute atomic E-state index is 0.122. The van der Waals surface area contributed by atoms with Gasteiger partial charge in [-0.3, -0.25) is 0 Å². The zero-order valence-corrected chi connectivity index (χ0v) is 13.3. The summed E-state index contributed by atoms with van der Waals surface area (Å²) >= 11 is 3.31. The maximum atomic E-state index is 13.1. The summed E-state index contributed by atoms with van der Waals surface area (Å²) in [4.78, 5) is 16.0. The van der Waals surface area contributed by atoms with Crippen molar-refractivity contribution in [1.29, 1.82) is 0 Å². The van der Waals surface area contributed by atoms with E-state index in [1.807, 2.05) is 0 Å². The van der Waals surface area contributed by atoms with E-state index in [1.165, 1.54) is 31.5 Å². The van der Waals surface area contributed by atoms with Crippen LogP contribution in [-0.2, 0) is 4.74 Å². The second kappa shape index (κ2) is 6.22. The first-order valence-electron chi connectivity index (χ1n) is 6.11. The SMILES string of the molecule is COC(=O)c1c(Oc2ccc(F)cc2C)ncc(Br)c1C. The molecule has 1 aromatic heterocycles. The van der Waals surface area contributed by atoms with Gasteiger partial charge in [0.2, 0.25) is 5.88 Å². The molecule has 1 aromatic carbocycles. The van der Waals surface area contributed by atoms with Gasteiger partial charge in [-0.25, -0.2) is 14.2 Å². The van der Waals surface area contributed by atoms with Crippen LogP contribution in [-0.4, -0.2) is 18.1 Å². The summed E-state index contributed by atoms with van der Waals surface area (Å²) in [7, 11) is 1.29. The second-order valence-electron chi connectivity index (χ2n) is 4.41. The van der Waals surface area contributed by atoms with Gasteiger partial charge in [-0.05, 0) is 59.1 Å². The number of carbonyl (C=O) groups excluding carboxylic acids is 1. The third-order valence-electron chi connectivity index (χ3n) is 2.98. The van der Waals surface area contributed by atoms with Crippen molar-refractivity contribution in [1.82, 2.24) is 4.98 Å². The topological polar surface area (TPSA) is 48.4 Å². The molecule has 0 unspecified atom stereocenters. The molecule has 0 saturated heterocycles. The predicted molar refractivity (Wildman–Crippen MR) is 79.2 cm³/mol. The Morgan fingerprint density at radius 1 is 1.33 bits per heavy atom. The molecular weight excluding hydrogens is 341 g/mol. The Bertz CT molecular complexity index is 704. The number of benzene rings is 1. The van der Waals surface area contributed by atoms with Crippen LogP contribution in [0, 0.1) is 19.7 Å². The van der Waals surface area contributed by atoms with Crippen molar-refractivity contribution in [2.75, 3.05) is 7.11 Å². The van der Waals surface area contributed by atoms with E-state index in [0.29, 0.717) is 21.3 Å². The van der Waals surface area contributed by atoms with Crippen molar-refractivity contribution in [3.8, 4) is 11.6 Å². The first-order chi connectivity index (χ1) is 9.93. The molecule has 0 atom stereocenters. The summed E-state index contributed by atoms with van der Waals surface area (Å²) in [5.74, 6) is -0.350. The van der Waals surface area contributed by atoms with Crippen molar-refractivity contribution in [2.24, 2.45) is 0 Å². The second-order valence-corrected chi connectivity index (χ2v) is 5.27. The molecule has 0 spiro atoms. The molecule has 2 rings (SSSR count). The summed E-state index contributed by atoms with van der Waals surface area (Å²) in [5.41, 5.74) is 1.50. The fourth-order valence-corrected chi connectivity index (χ4v) is 2.11. The zero-order chi connectivity index (χ0) is 15.6. The van der Waals surface area contributed by atoms with E-state index in [0.717, 1.165) is 0 Å². The number of esters is 1. The third-order valence-corrected chi connectivity index (χ3v) is 3.77. The van der Waals surface area contributed by atoms with Crippen molar-refractivity contribution in [3.63, 3.8) is 0 Å². The molecule has 21 heavy (non-hydrogen) atoms. The van der Waals surface area contributed by atoms with E-state index in [-0.39, 0.29) is 17.3 Å². The number of pyridine rings is 1. The number of hydrogen-bond donors (Lipinski definition) is 0. The Kier molecular flexibility index (Phi) is 4.57. The maximum Gasteiger partial charge on any atom is 0.343 e. The average molecular weight is 354 g/mol. The van der Waals surface area contributed by atoms with E-state index in [4.69, 9.17) is 9.47 Å². The molecule has 4 nitrogen and oxygen atoms in total. The number of ether oxygens (including phenoxy) is 2. The van der Waals surface area contributed by atoms with Gasteiger partial charge in [0.25, 0.3) is 0 Å². The molecule has 1 heterocycles. The largest absolute Gasteiger partial charge is 0.465 e. The van der Waals surface area contributed by atoms with Crippen LogP contribution in [0.25, 0.3) is 0 Å². The molecule has 0 amide bonds. The Balaban J connectivity index is 2.49. The number of rotatable bonds is 3. The molecule has 6 heteroatoms. The highest BCUT2D eigenvalue weighted by atomic mass is 79.9. The molecule has 0 radical (unpaired) electrons. The van der Waals surface area contributed by atoms with Crippen LogP contribution in [0.15, 0.2) is 28.9 Å². The highest BCUT2D eigenvalue weighted by Gasteiger charge is 2.20. The van der Waals surface area contributed by atoms with Gasteiger partial charge in [0, 0.05) is 10.7 Å². The monoisotopic (exact) mass is 353 g/mol. The molecule has 0 bridgehead atoms. The van der Waals surface area contributed by atoms with Gasteiger partial charge in [0.1, 0.15) is 17.1 Å². The van der Waals surface area contributed by atoms with Gasteiger partial charge in [0.15, 0.2) is 0 Å². The molecular formula is C15H13BrFNO3. The maximum absolute atomic E-state index is 13.1. The Morgan fingerprint density at radius 2 is 2.05 bits per heavy atom. The lowest BCUT2D eigenvalue weighted by Gasteiger charge is -2.13. The molecule has 0 N–H and O–H groups in total. The number of hydrogen-bond acceptors (Lipinski definition) is 4. The summed E-state index contributed by atoms with van der Waals surface area (Å²) in [6.45, 7) is 3.46. The van der Waals surface area contributed by atoms with Crippen molar-refractivity contribution in [2.45, 2.75) is 13.8 Å². The van der Waals surface area contributed by atoms with Gasteiger partial charge < -0.3 is 9.47 Å². The highest BCUT2D eigenvalue weighted by Crippen LogP contribution is 2.31. The third kappa shape index (κ3) is 3.21. The first-order valence-corrected chi connectivity index (χ1v) is 6.90. The van der Waals surface area contributed by atoms with Gasteiger partial charge in [0.05, 0.1) is 7.11 Å². The average Bonchev–Trinajstić information content (AvgIpc) is 2.45. The molecule has 2 aromatic rings. The van der Waals surface area contributed by atoms with Crippen LogP contribution in [0.2, 0.25) is 0 Å². The number of aromatic nitrogens is 1. The molecule has 0 aliphatic carbocycles. The van der Waals surface area contributed by atoms with Gasteiger partial charge in [-0.2, -0.15) is 0 Å². The molecule has 0 fully saturated rings. The number of aryl methyl sites for hydroxylation is 1. The first kappa shape index (κ1) is 15.4. The van der Waals surface area contributed by atoms with Gasteiger partial charge in [-0.15, -0.1) is 0 Å². The minimum atomic E-state index is -0.545. The summed E-state index contributed by atoms with van der Waals surface area (Å²) in [6.07, 6.45) is 1.54. The van der Waals surface area contributed by atoms with Crippen LogP contribution in [0.5, 0.6) is 11.6 Å². The summed E-state index contributed by atoms with van der Waals surface area (Å²) in [6, 6.07) is 4.12. The lowest BCUT2D eigenvalue weighted by molar-refractivity contribution is 0.0596. The fraction of sp³-hybridized carbons (Fsp3) is 0.200. The van der Waals surface area contributed by atoms with Crippen LogP contribution < -0.4 is 4.74 Å². The van der Waals surface area contributed by atoms with Crippen LogP contribution in [0.3, 0.4) is 0 Å². The molecule has 0 aliphatic rings. The van der Waals surface area contributed by atoms with Gasteiger partial charge >= 0.3 is 5.97 Å². The number of methoxy groups -OCH3 is 1. The quantitative estimate of drug-likeness (QED) is 0.776. The van der Waals surface area contributed by atoms with E-state index in [1.54, 1.807) is 13.8 Å². The standard InChI is InChI=1S/C15H13BrFNO3/c1-8-6-10(17)4-5-12(8)21-14-13(15(19)20-3)9(2)11(16)7-18-14/h4-7H,1-3H3. The smallest absolute Gasteiger partial charge is 0.343 e. The number of carbonyl (C=O) groups is 1. The summed E-state index contributed by atoms with van der Waals surface area (Å²) in [5, 5.41) is 0. The molecule has 0 saturated carbocycles. The van der Waals surface area contributed by atoms with E-state index < -0.39 is 5.97 Å². The van der Waals surface area contributed by atoms with Crippen molar-refractivity contribution in [3.05, 3.63) is 51.4 Å². The van der Waals surface area contributed by atoms with Crippen molar-refractivity contribution < 1.29 is 18.7 Å². The lowest BCUT2D eigenvalue weighted by Crippen LogP contribution is -2.08. The fourth-order valence-electron chi connectivity index (χ4n) is 1.81. The van der Waals surface area contributed by atoms with E-state index in [2.05, 4.69) is 20.9 Å². The van der Waals surface area contributed by atoms with Crippen LogP contribution >= 0.6 is 15.9 Å². The molecule has 110 valence electrons. The Morgan fingerprint density at radius 3 is 2.67 bits per heavy atom. The van der Waals surface area contributed by atoms with Gasteiger partial charge in [-0.1, -0.05) is 0 Å². The van der Waals surface area contributed by atoms with Crippen LogP contribution in [0.1, 0.15) is 21.5 Å². The predicted octanol–water partition coefficient (Wildman–Crippen LogP) is 4.18. The number of nitrogens with zero attached hydrogens (tertiary/aromatic N) is 1. The normalized spacial score (nSPS) is 10.3. The Labute approximate surface area is 130 Å². The van der Waals surface area contributed by atoms with Crippen LogP contribution in [0.4, 0.5) is 4.39 Å². The van der Waals surface area contributed by atoms with Crippen molar-refractivity contribution >= 4 is 21.9 Å². The summed E-state index contributed by atoms with van der Waals surface area (Å²) < 4.78 is 24.2. The zero-order valence-electron chi connectivity index (χ0n) is 11.7. The highest BCUT2D eigenvalue weighted by molar-refractivity contribution is 9.10. The van der Waals surface area contributed by atoms with E-state index in [9.17, 15) is 9.18 Å². The molecule has 0 aliphatic heterocycles. The lowest BCUT2D eigenvalue weighted by atomic mass is 10.1. The van der Waals surface area contributed by atoms with E-state index >= 15 is 0 Å². The Hall–Kier alpha value is -1.95. The minimum Gasteiger partial charge on any atom is -0.465 e.